The van der Waals surface area contributed by atoms with E-state index in [1.807, 2.05) is 19.1 Å². The minimum Gasteiger partial charge on any atom is -0.481 e. The molecule has 2 heterocycles. The summed E-state index contributed by atoms with van der Waals surface area (Å²) < 4.78 is 46.7. The average Bonchev–Trinajstić information content (AvgIpc) is 3.36. The molecule has 3 aromatic rings. The van der Waals surface area contributed by atoms with Crippen LogP contribution < -0.4 is 4.74 Å². The van der Waals surface area contributed by atoms with E-state index in [4.69, 9.17) is 21.2 Å². The molecule has 0 amide bonds. The summed E-state index contributed by atoms with van der Waals surface area (Å²) in [5.74, 6) is -1.09. The topological polar surface area (TPSA) is 98.3 Å². The molecule has 11 heteroatoms. The van der Waals surface area contributed by atoms with E-state index in [2.05, 4.69) is 19.9 Å². The van der Waals surface area contributed by atoms with Gasteiger partial charge in [-0.2, -0.15) is 18.2 Å². The second-order valence-electron chi connectivity index (χ2n) is 7.20. The summed E-state index contributed by atoms with van der Waals surface area (Å²) >= 11 is 5.96. The number of carboxylic acid groups (broad SMARTS) is 1. The number of hydrogen-bond donors (Lipinski definition) is 1. The van der Waals surface area contributed by atoms with E-state index in [9.17, 15) is 18.0 Å². The third kappa shape index (κ3) is 4.63. The smallest absolute Gasteiger partial charge is 0.422 e. The van der Waals surface area contributed by atoms with E-state index in [1.165, 1.54) is 12.3 Å². The third-order valence-electron chi connectivity index (χ3n) is 4.88. The van der Waals surface area contributed by atoms with Gasteiger partial charge in [0.15, 0.2) is 6.61 Å². The molecule has 2 unspecified atom stereocenters. The number of carbonyl (C=O) groups is 1. The van der Waals surface area contributed by atoms with Crippen LogP contribution in [0.25, 0.3) is 22.8 Å². The van der Waals surface area contributed by atoms with Gasteiger partial charge >= 0.3 is 12.1 Å². The largest absolute Gasteiger partial charge is 0.481 e. The molecule has 1 fully saturated rings. The van der Waals surface area contributed by atoms with Gasteiger partial charge in [0.1, 0.15) is 5.02 Å². The van der Waals surface area contributed by atoms with E-state index >= 15 is 0 Å². The van der Waals surface area contributed by atoms with Crippen LogP contribution in [0.15, 0.2) is 35.0 Å². The predicted octanol–water partition coefficient (Wildman–Crippen LogP) is 4.89. The lowest BCUT2D eigenvalue weighted by atomic mass is 10.0. The van der Waals surface area contributed by atoms with Gasteiger partial charge in [0, 0.05) is 11.8 Å². The van der Waals surface area contributed by atoms with Crippen LogP contribution in [0.1, 0.15) is 23.5 Å². The molecule has 1 N–H and O–H groups in total. The molecule has 1 saturated carbocycles. The quantitative estimate of drug-likeness (QED) is 0.567. The fraction of sp³-hybridized carbons (Fsp3) is 0.300. The SMILES string of the molecule is Cc1cc(C2CC2C(=O)O)ccc1-c1noc(-c2cnc(OCC(F)(F)F)c(Cl)c2)n1. The number of aliphatic carboxylic acids is 1. The Morgan fingerprint density at radius 3 is 2.74 bits per heavy atom. The first-order chi connectivity index (χ1) is 14.6. The molecule has 1 aliphatic rings. The van der Waals surface area contributed by atoms with Gasteiger partial charge in [-0.15, -0.1) is 0 Å². The molecular weight excluding hydrogens is 439 g/mol. The highest BCUT2D eigenvalue weighted by atomic mass is 35.5. The Balaban J connectivity index is 1.52. The number of pyridine rings is 1. The monoisotopic (exact) mass is 453 g/mol. The molecule has 31 heavy (non-hydrogen) atoms. The van der Waals surface area contributed by atoms with Gasteiger partial charge in [0.05, 0.1) is 11.5 Å². The molecule has 7 nitrogen and oxygen atoms in total. The van der Waals surface area contributed by atoms with Crippen molar-refractivity contribution in [2.45, 2.75) is 25.4 Å². The van der Waals surface area contributed by atoms with Crippen molar-refractivity contribution in [2.24, 2.45) is 5.92 Å². The van der Waals surface area contributed by atoms with Crippen molar-refractivity contribution in [3.63, 3.8) is 0 Å². The Bertz CT molecular complexity index is 1150. The van der Waals surface area contributed by atoms with E-state index in [0.29, 0.717) is 23.4 Å². The number of aromatic nitrogens is 3. The molecule has 1 aromatic carbocycles. The normalized spacial score (nSPS) is 18.1. The van der Waals surface area contributed by atoms with Gasteiger partial charge in [0.2, 0.25) is 11.7 Å². The first-order valence-electron chi connectivity index (χ1n) is 9.15. The summed E-state index contributed by atoms with van der Waals surface area (Å²) in [5, 5.41) is 12.9. The number of alkyl halides is 3. The first-order valence-corrected chi connectivity index (χ1v) is 9.53. The molecule has 0 bridgehead atoms. The van der Waals surface area contributed by atoms with Crippen LogP contribution in [0.3, 0.4) is 0 Å². The maximum Gasteiger partial charge on any atom is 0.422 e. The maximum absolute atomic E-state index is 12.3. The third-order valence-corrected chi connectivity index (χ3v) is 5.15. The van der Waals surface area contributed by atoms with Gasteiger partial charge in [-0.05, 0) is 36.5 Å². The van der Waals surface area contributed by atoms with Crippen molar-refractivity contribution in [3.05, 3.63) is 46.6 Å². The van der Waals surface area contributed by atoms with E-state index < -0.39 is 18.8 Å². The number of benzene rings is 1. The van der Waals surface area contributed by atoms with Crippen molar-refractivity contribution in [2.75, 3.05) is 6.61 Å². The van der Waals surface area contributed by atoms with E-state index in [-0.39, 0.29) is 28.6 Å². The van der Waals surface area contributed by atoms with Crippen LogP contribution in [0, 0.1) is 12.8 Å². The van der Waals surface area contributed by atoms with Crippen molar-refractivity contribution < 1.29 is 32.3 Å². The number of aryl methyl sites for hydroxylation is 1. The molecule has 2 atom stereocenters. The molecule has 2 aromatic heterocycles. The maximum atomic E-state index is 12.3. The van der Waals surface area contributed by atoms with Crippen LogP contribution >= 0.6 is 11.6 Å². The fourth-order valence-corrected chi connectivity index (χ4v) is 3.47. The molecule has 0 spiro atoms. The molecule has 162 valence electrons. The summed E-state index contributed by atoms with van der Waals surface area (Å²) in [6, 6.07) is 6.88. The Kier molecular flexibility index (Phi) is 5.34. The molecule has 1 aliphatic carbocycles. The van der Waals surface area contributed by atoms with Gasteiger partial charge < -0.3 is 14.4 Å². The van der Waals surface area contributed by atoms with Crippen LogP contribution in [0.5, 0.6) is 5.88 Å². The number of nitrogens with zero attached hydrogens (tertiary/aromatic N) is 3. The van der Waals surface area contributed by atoms with Gasteiger partial charge in [-0.3, -0.25) is 4.79 Å². The number of rotatable bonds is 6. The summed E-state index contributed by atoms with van der Waals surface area (Å²) in [6.07, 6.45) is -2.66. The van der Waals surface area contributed by atoms with E-state index in [0.717, 1.165) is 11.1 Å². The Labute approximate surface area is 178 Å². The van der Waals surface area contributed by atoms with E-state index in [1.54, 1.807) is 6.07 Å². The zero-order valence-corrected chi connectivity index (χ0v) is 16.7. The minimum atomic E-state index is -4.51. The summed E-state index contributed by atoms with van der Waals surface area (Å²) in [5.41, 5.74) is 2.82. The Hall–Kier alpha value is -3.14. The number of ether oxygens (including phenoxy) is 1. The second kappa shape index (κ2) is 7.84. The fourth-order valence-electron chi connectivity index (χ4n) is 3.25. The molecule has 0 saturated heterocycles. The van der Waals surface area contributed by atoms with Gasteiger partial charge in [-0.1, -0.05) is 35.0 Å². The lowest BCUT2D eigenvalue weighted by Crippen LogP contribution is -2.19. The number of carboxylic acids is 1. The lowest BCUT2D eigenvalue weighted by Gasteiger charge is -2.09. The van der Waals surface area contributed by atoms with Crippen LogP contribution in [0.2, 0.25) is 5.02 Å². The minimum absolute atomic E-state index is 0.0115. The molecule has 4 rings (SSSR count). The standard InChI is InChI=1S/C20H15ClF3N3O4/c1-9-4-10(13-6-14(13)19(28)29)2-3-12(9)16-26-17(31-27-16)11-5-15(21)18(25-7-11)30-8-20(22,23)24/h2-5,7,13-14H,6,8H2,1H3,(H,28,29). The number of halogens is 4. The zero-order chi connectivity index (χ0) is 22.3. The second-order valence-corrected chi connectivity index (χ2v) is 7.61. The summed E-state index contributed by atoms with van der Waals surface area (Å²) in [6.45, 7) is 0.353. The summed E-state index contributed by atoms with van der Waals surface area (Å²) in [4.78, 5) is 19.2. The van der Waals surface area contributed by atoms with Crippen molar-refractivity contribution in [3.8, 4) is 28.7 Å². The van der Waals surface area contributed by atoms with Crippen molar-refractivity contribution >= 4 is 17.6 Å². The highest BCUT2D eigenvalue weighted by molar-refractivity contribution is 6.32. The lowest BCUT2D eigenvalue weighted by molar-refractivity contribution is -0.154. The predicted molar refractivity (Wildman–Crippen MR) is 103 cm³/mol. The van der Waals surface area contributed by atoms with Crippen molar-refractivity contribution in [1.82, 2.24) is 15.1 Å². The highest BCUT2D eigenvalue weighted by Crippen LogP contribution is 2.48. The van der Waals surface area contributed by atoms with Crippen molar-refractivity contribution in [1.29, 1.82) is 0 Å². The first kappa shape index (κ1) is 21.1. The molecule has 0 aliphatic heterocycles. The Morgan fingerprint density at radius 1 is 1.35 bits per heavy atom. The average molecular weight is 454 g/mol. The Morgan fingerprint density at radius 2 is 2.13 bits per heavy atom. The molecule has 0 radical (unpaired) electrons. The van der Waals surface area contributed by atoms with Gasteiger partial charge in [0.25, 0.3) is 5.89 Å². The highest BCUT2D eigenvalue weighted by Gasteiger charge is 2.44. The summed E-state index contributed by atoms with van der Waals surface area (Å²) in [7, 11) is 0. The number of hydrogen-bond acceptors (Lipinski definition) is 6. The van der Waals surface area contributed by atoms with Crippen LogP contribution in [-0.4, -0.2) is 39.0 Å². The van der Waals surface area contributed by atoms with Gasteiger partial charge in [-0.25, -0.2) is 4.98 Å². The zero-order valence-electron chi connectivity index (χ0n) is 16.0. The van der Waals surface area contributed by atoms with Crippen LogP contribution in [-0.2, 0) is 4.79 Å². The molecular formula is C20H15ClF3N3O4. The van der Waals surface area contributed by atoms with Crippen LogP contribution in [0.4, 0.5) is 13.2 Å².